The molecule has 1 aromatic carbocycles. The monoisotopic (exact) mass is 323 g/mol. The van der Waals surface area contributed by atoms with E-state index in [-0.39, 0.29) is 11.8 Å². The van der Waals surface area contributed by atoms with Gasteiger partial charge in [0.05, 0.1) is 25.3 Å². The molecule has 0 saturated carbocycles. The van der Waals surface area contributed by atoms with E-state index in [2.05, 4.69) is 15.9 Å². The molecule has 100 valence electrons. The van der Waals surface area contributed by atoms with Crippen LogP contribution in [0.25, 0.3) is 10.9 Å². The second-order valence-electron chi connectivity index (χ2n) is 4.61. The number of rotatable bonds is 2. The van der Waals surface area contributed by atoms with Crippen LogP contribution >= 0.6 is 15.9 Å². The Hall–Kier alpha value is -1.17. The zero-order chi connectivity index (χ0) is 13.4. The van der Waals surface area contributed by atoms with Crippen LogP contribution in [-0.2, 0) is 16.0 Å². The summed E-state index contributed by atoms with van der Waals surface area (Å²) in [5, 5.41) is 1.07. The van der Waals surface area contributed by atoms with Crippen LogP contribution in [0, 0.1) is 6.92 Å². The van der Waals surface area contributed by atoms with Crippen molar-refractivity contribution in [3.05, 3.63) is 44.7 Å². The van der Waals surface area contributed by atoms with Crippen molar-refractivity contribution in [2.45, 2.75) is 19.8 Å². The minimum atomic E-state index is -0.331. The number of nitrogens with zero attached hydrogens (tertiary/aromatic N) is 1. The molecule has 0 spiro atoms. The standard InChI is InChI=1S/C14H14BrNO3/c1-9-6-13(17)16(8-14-18-4-5-19-14)12-7-10(15)2-3-11(9)12/h2-3,6-7,14H,4-5,8H2,1H3. The molecule has 3 rings (SSSR count). The molecule has 1 aliphatic rings. The number of fused-ring (bicyclic) bond motifs is 1. The number of ether oxygens (including phenoxy) is 2. The third-order valence-corrected chi connectivity index (χ3v) is 3.80. The second-order valence-corrected chi connectivity index (χ2v) is 5.52. The van der Waals surface area contributed by atoms with Crippen molar-refractivity contribution in [3.63, 3.8) is 0 Å². The van der Waals surface area contributed by atoms with Crippen molar-refractivity contribution >= 4 is 26.8 Å². The first kappa shape index (κ1) is 12.8. The van der Waals surface area contributed by atoms with Gasteiger partial charge < -0.3 is 14.0 Å². The van der Waals surface area contributed by atoms with Crippen molar-refractivity contribution in [2.24, 2.45) is 0 Å². The van der Waals surface area contributed by atoms with E-state index in [1.165, 1.54) is 0 Å². The van der Waals surface area contributed by atoms with Crippen LogP contribution in [0.1, 0.15) is 5.56 Å². The summed E-state index contributed by atoms with van der Waals surface area (Å²) in [6.07, 6.45) is -0.331. The van der Waals surface area contributed by atoms with Gasteiger partial charge in [-0.25, -0.2) is 0 Å². The molecule has 4 nitrogen and oxygen atoms in total. The zero-order valence-electron chi connectivity index (χ0n) is 10.6. The van der Waals surface area contributed by atoms with E-state index in [1.54, 1.807) is 10.6 Å². The summed E-state index contributed by atoms with van der Waals surface area (Å²) in [6.45, 7) is 3.55. The molecular formula is C14H14BrNO3. The lowest BCUT2D eigenvalue weighted by Crippen LogP contribution is -2.27. The van der Waals surface area contributed by atoms with Crippen molar-refractivity contribution in [3.8, 4) is 0 Å². The van der Waals surface area contributed by atoms with Gasteiger partial charge in [-0.2, -0.15) is 0 Å². The average Bonchev–Trinajstić information content (AvgIpc) is 2.87. The lowest BCUT2D eigenvalue weighted by Gasteiger charge is -2.15. The summed E-state index contributed by atoms with van der Waals surface area (Å²) in [4.78, 5) is 12.2. The van der Waals surface area contributed by atoms with Crippen LogP contribution in [0.15, 0.2) is 33.5 Å². The first-order valence-corrected chi connectivity index (χ1v) is 6.97. The number of hydrogen-bond acceptors (Lipinski definition) is 3. The molecule has 1 aliphatic heterocycles. The van der Waals surface area contributed by atoms with Gasteiger partial charge >= 0.3 is 0 Å². The molecule has 1 aromatic heterocycles. The predicted molar refractivity (Wildman–Crippen MR) is 76.3 cm³/mol. The van der Waals surface area contributed by atoms with Crippen LogP contribution in [-0.4, -0.2) is 24.1 Å². The summed E-state index contributed by atoms with van der Waals surface area (Å²) in [5.41, 5.74) is 1.86. The number of aromatic nitrogens is 1. The minimum Gasteiger partial charge on any atom is -0.348 e. The number of halogens is 1. The Morgan fingerprint density at radius 2 is 2.05 bits per heavy atom. The first-order valence-electron chi connectivity index (χ1n) is 6.18. The zero-order valence-corrected chi connectivity index (χ0v) is 12.1. The highest BCUT2D eigenvalue weighted by molar-refractivity contribution is 9.10. The minimum absolute atomic E-state index is 0.0257. The molecule has 0 radical (unpaired) electrons. The molecule has 0 N–H and O–H groups in total. The van der Waals surface area contributed by atoms with Crippen LogP contribution in [0.2, 0.25) is 0 Å². The maximum atomic E-state index is 12.2. The second kappa shape index (κ2) is 5.07. The van der Waals surface area contributed by atoms with Crippen LogP contribution in [0.3, 0.4) is 0 Å². The molecule has 1 fully saturated rings. The Morgan fingerprint density at radius 3 is 2.79 bits per heavy atom. The largest absolute Gasteiger partial charge is 0.348 e. The van der Waals surface area contributed by atoms with E-state index in [9.17, 15) is 4.79 Å². The van der Waals surface area contributed by atoms with Gasteiger partial charge in [0.15, 0.2) is 6.29 Å². The van der Waals surface area contributed by atoms with Gasteiger partial charge in [-0.1, -0.05) is 22.0 Å². The van der Waals surface area contributed by atoms with Crippen LogP contribution in [0.4, 0.5) is 0 Å². The highest BCUT2D eigenvalue weighted by Crippen LogP contribution is 2.22. The smallest absolute Gasteiger partial charge is 0.251 e. The fraction of sp³-hybridized carbons (Fsp3) is 0.357. The highest BCUT2D eigenvalue weighted by atomic mass is 79.9. The number of aryl methyl sites for hydroxylation is 1. The fourth-order valence-corrected chi connectivity index (χ4v) is 2.72. The molecule has 5 heteroatoms. The molecule has 2 heterocycles. The lowest BCUT2D eigenvalue weighted by molar-refractivity contribution is -0.0522. The van der Waals surface area contributed by atoms with E-state index < -0.39 is 0 Å². The van der Waals surface area contributed by atoms with Gasteiger partial charge in [-0.05, 0) is 24.6 Å². The predicted octanol–water partition coefficient (Wildman–Crippen LogP) is 2.45. The lowest BCUT2D eigenvalue weighted by atomic mass is 10.1. The van der Waals surface area contributed by atoms with Gasteiger partial charge in [0.25, 0.3) is 5.56 Å². The SMILES string of the molecule is Cc1cc(=O)n(CC2OCCO2)c2cc(Br)ccc12. The van der Waals surface area contributed by atoms with Crippen molar-refractivity contribution in [1.82, 2.24) is 4.57 Å². The fourth-order valence-electron chi connectivity index (χ4n) is 2.37. The Kier molecular flexibility index (Phi) is 3.43. The quantitative estimate of drug-likeness (QED) is 0.852. The Labute approximate surface area is 119 Å². The molecule has 19 heavy (non-hydrogen) atoms. The summed E-state index contributed by atoms with van der Waals surface area (Å²) >= 11 is 3.45. The van der Waals surface area contributed by atoms with Gasteiger partial charge in [0, 0.05) is 15.9 Å². The maximum Gasteiger partial charge on any atom is 0.251 e. The molecule has 0 atom stereocenters. The topological polar surface area (TPSA) is 40.5 Å². The van der Waals surface area contributed by atoms with E-state index in [1.807, 2.05) is 25.1 Å². The normalized spacial score (nSPS) is 16.3. The van der Waals surface area contributed by atoms with Gasteiger partial charge in [0.2, 0.25) is 0 Å². The van der Waals surface area contributed by atoms with Gasteiger partial charge in [0.1, 0.15) is 0 Å². The van der Waals surface area contributed by atoms with Crippen molar-refractivity contribution in [2.75, 3.05) is 13.2 Å². The molecule has 2 aromatic rings. The van der Waals surface area contributed by atoms with Gasteiger partial charge in [-0.3, -0.25) is 4.79 Å². The molecule has 0 bridgehead atoms. The van der Waals surface area contributed by atoms with E-state index >= 15 is 0 Å². The number of hydrogen-bond donors (Lipinski definition) is 0. The van der Waals surface area contributed by atoms with E-state index in [4.69, 9.17) is 9.47 Å². The van der Waals surface area contributed by atoms with E-state index in [0.717, 1.165) is 20.9 Å². The number of pyridine rings is 1. The summed E-state index contributed by atoms with van der Waals surface area (Å²) in [6, 6.07) is 7.61. The Morgan fingerprint density at radius 1 is 1.32 bits per heavy atom. The third-order valence-electron chi connectivity index (χ3n) is 3.30. The average molecular weight is 324 g/mol. The molecule has 0 aliphatic carbocycles. The summed E-state index contributed by atoms with van der Waals surface area (Å²) in [5.74, 6) is 0. The van der Waals surface area contributed by atoms with Crippen LogP contribution < -0.4 is 5.56 Å². The highest BCUT2D eigenvalue weighted by Gasteiger charge is 2.18. The van der Waals surface area contributed by atoms with E-state index in [0.29, 0.717) is 19.8 Å². The van der Waals surface area contributed by atoms with Crippen LogP contribution in [0.5, 0.6) is 0 Å². The van der Waals surface area contributed by atoms with Crippen molar-refractivity contribution in [1.29, 1.82) is 0 Å². The Bertz CT molecular complexity index is 674. The first-order chi connectivity index (χ1) is 9.15. The molecule has 0 amide bonds. The van der Waals surface area contributed by atoms with Crippen molar-refractivity contribution < 1.29 is 9.47 Å². The third kappa shape index (κ3) is 2.45. The summed E-state index contributed by atoms with van der Waals surface area (Å²) < 4.78 is 13.5. The summed E-state index contributed by atoms with van der Waals surface area (Å²) in [7, 11) is 0. The Balaban J connectivity index is 2.15. The molecule has 1 saturated heterocycles. The number of benzene rings is 1. The molecular weight excluding hydrogens is 310 g/mol. The van der Waals surface area contributed by atoms with Gasteiger partial charge in [-0.15, -0.1) is 0 Å². The molecule has 0 unspecified atom stereocenters. The maximum absolute atomic E-state index is 12.2.